The third-order valence-corrected chi connectivity index (χ3v) is 11.0. The van der Waals surface area contributed by atoms with Gasteiger partial charge in [0.2, 0.25) is 0 Å². The molecule has 0 atom stereocenters. The number of hydrogen-bond acceptors (Lipinski definition) is 6. The summed E-state index contributed by atoms with van der Waals surface area (Å²) < 4.78 is 18.9. The molecule has 2 aromatic rings. The van der Waals surface area contributed by atoms with Crippen LogP contribution < -0.4 is 15.9 Å². The van der Waals surface area contributed by atoms with Gasteiger partial charge in [0.1, 0.15) is 7.14 Å². The SMILES string of the molecule is CC(C)OC(=O)NC1CCC(c2ncc(-c3ccc(NC(=O)O)cc3P3(=O)CCCC3)s2)CC1. The van der Waals surface area contributed by atoms with E-state index < -0.39 is 13.2 Å². The highest BCUT2D eigenvalue weighted by molar-refractivity contribution is 7.72. The maximum atomic E-state index is 13.7. The second-order valence-corrected chi connectivity index (χ2v) is 13.6. The fourth-order valence-corrected chi connectivity index (χ4v) is 9.25. The quantitative estimate of drug-likeness (QED) is 0.424. The highest BCUT2D eigenvalue weighted by Gasteiger charge is 2.33. The highest BCUT2D eigenvalue weighted by Crippen LogP contribution is 2.53. The van der Waals surface area contributed by atoms with Gasteiger partial charge in [0, 0.05) is 47.0 Å². The van der Waals surface area contributed by atoms with Gasteiger partial charge in [-0.25, -0.2) is 14.6 Å². The molecule has 1 aliphatic carbocycles. The van der Waals surface area contributed by atoms with Crippen molar-refractivity contribution in [3.8, 4) is 10.4 Å². The number of aromatic nitrogens is 1. The summed E-state index contributed by atoms with van der Waals surface area (Å²) in [7, 11) is -2.56. The van der Waals surface area contributed by atoms with Gasteiger partial charge >= 0.3 is 12.2 Å². The standard InChI is InChI=1S/C24H32N3O5PS/c1-15(2)32-24(30)27-17-7-5-16(6-8-17)22-25-14-21(34-22)19-10-9-18(26-23(28)29)13-20(19)33(31)11-3-4-12-33/h9-10,13-17,26H,3-8,11-12H2,1-2H3,(H,27,30)(H,28,29). The van der Waals surface area contributed by atoms with Gasteiger partial charge < -0.3 is 19.7 Å². The van der Waals surface area contributed by atoms with E-state index in [1.54, 1.807) is 23.5 Å². The van der Waals surface area contributed by atoms with E-state index in [4.69, 9.17) is 14.8 Å². The first-order valence-electron chi connectivity index (χ1n) is 11.9. The van der Waals surface area contributed by atoms with E-state index in [2.05, 4.69) is 10.6 Å². The zero-order chi connectivity index (χ0) is 24.3. The number of alkyl carbamates (subject to hydrolysis) is 1. The average Bonchev–Trinajstić information content (AvgIpc) is 3.43. The Balaban J connectivity index is 1.49. The number of ether oxygens (including phenoxy) is 1. The Morgan fingerprint density at radius 1 is 1.18 bits per heavy atom. The van der Waals surface area contributed by atoms with Crippen molar-refractivity contribution in [1.29, 1.82) is 0 Å². The van der Waals surface area contributed by atoms with E-state index in [-0.39, 0.29) is 18.2 Å². The molecular formula is C24H32N3O5PS. The Bertz CT molecular complexity index is 1080. The number of hydrogen-bond donors (Lipinski definition) is 3. The lowest BCUT2D eigenvalue weighted by molar-refractivity contribution is 0.109. The summed E-state index contributed by atoms with van der Waals surface area (Å²) in [6.07, 6.45) is 7.06. The molecule has 1 aliphatic heterocycles. The summed E-state index contributed by atoms with van der Waals surface area (Å²) in [4.78, 5) is 28.7. The first-order chi connectivity index (χ1) is 16.2. The number of thiazole rings is 1. The summed E-state index contributed by atoms with van der Waals surface area (Å²) in [5.41, 5.74) is 1.34. The van der Waals surface area contributed by atoms with Crippen molar-refractivity contribution >= 4 is 41.7 Å². The smallest absolute Gasteiger partial charge is 0.409 e. The van der Waals surface area contributed by atoms with E-state index in [0.29, 0.717) is 23.9 Å². The van der Waals surface area contributed by atoms with E-state index in [1.807, 2.05) is 26.1 Å². The van der Waals surface area contributed by atoms with E-state index in [9.17, 15) is 14.2 Å². The van der Waals surface area contributed by atoms with Gasteiger partial charge in [0.05, 0.1) is 16.0 Å². The lowest BCUT2D eigenvalue weighted by Crippen LogP contribution is -2.38. The molecular weight excluding hydrogens is 473 g/mol. The number of amides is 2. The van der Waals surface area contributed by atoms with Gasteiger partial charge in [-0.2, -0.15) is 0 Å². The van der Waals surface area contributed by atoms with Crippen molar-refractivity contribution < 1.29 is 24.0 Å². The molecule has 2 heterocycles. The third kappa shape index (κ3) is 5.81. The van der Waals surface area contributed by atoms with Gasteiger partial charge in [-0.1, -0.05) is 6.07 Å². The average molecular weight is 506 g/mol. The fourth-order valence-electron chi connectivity index (χ4n) is 4.87. The number of carboxylic acid groups (broad SMARTS) is 1. The van der Waals surface area contributed by atoms with Crippen molar-refractivity contribution in [2.75, 3.05) is 17.6 Å². The molecule has 0 unspecified atom stereocenters. The summed E-state index contributed by atoms with van der Waals surface area (Å²) in [6, 6.07) is 5.47. The summed E-state index contributed by atoms with van der Waals surface area (Å²) in [5.74, 6) is 0.330. The molecule has 2 aliphatic rings. The van der Waals surface area contributed by atoms with Crippen LogP contribution in [0.2, 0.25) is 0 Å². The van der Waals surface area contributed by atoms with Crippen LogP contribution in [0.3, 0.4) is 0 Å². The largest absolute Gasteiger partial charge is 0.465 e. The molecule has 0 spiro atoms. The topological polar surface area (TPSA) is 118 Å². The number of carbonyl (C=O) groups is 2. The number of benzene rings is 1. The van der Waals surface area contributed by atoms with Crippen molar-refractivity contribution in [2.24, 2.45) is 0 Å². The minimum Gasteiger partial charge on any atom is -0.465 e. The molecule has 1 aromatic heterocycles. The minimum atomic E-state index is -2.56. The van der Waals surface area contributed by atoms with Crippen LogP contribution in [0.25, 0.3) is 10.4 Å². The monoisotopic (exact) mass is 505 g/mol. The number of rotatable bonds is 6. The lowest BCUT2D eigenvalue weighted by atomic mass is 9.86. The third-order valence-electron chi connectivity index (χ3n) is 6.51. The van der Waals surface area contributed by atoms with Crippen LogP contribution in [-0.4, -0.2) is 46.7 Å². The number of carbonyl (C=O) groups excluding carboxylic acids is 1. The van der Waals surface area contributed by atoms with Gasteiger partial charge in [-0.3, -0.25) is 5.32 Å². The molecule has 184 valence electrons. The Morgan fingerprint density at radius 3 is 2.53 bits per heavy atom. The van der Waals surface area contributed by atoms with Crippen LogP contribution >= 0.6 is 18.5 Å². The molecule has 34 heavy (non-hydrogen) atoms. The van der Waals surface area contributed by atoms with Crippen molar-refractivity contribution in [2.45, 2.75) is 70.4 Å². The predicted molar refractivity (Wildman–Crippen MR) is 135 cm³/mol. The molecule has 2 amide bonds. The Kier molecular flexibility index (Phi) is 7.63. The fraction of sp³-hybridized carbons (Fsp3) is 0.542. The summed E-state index contributed by atoms with van der Waals surface area (Å²) >= 11 is 1.63. The molecule has 2 fully saturated rings. The zero-order valence-corrected chi connectivity index (χ0v) is 21.3. The van der Waals surface area contributed by atoms with Gasteiger partial charge in [-0.05, 0) is 64.5 Å². The molecule has 8 nitrogen and oxygen atoms in total. The molecule has 1 saturated carbocycles. The normalized spacial score (nSPS) is 21.9. The molecule has 1 aromatic carbocycles. The maximum Gasteiger partial charge on any atom is 0.409 e. The van der Waals surface area contributed by atoms with Crippen LogP contribution in [0.1, 0.15) is 63.3 Å². The zero-order valence-electron chi connectivity index (χ0n) is 19.6. The Morgan fingerprint density at radius 2 is 1.88 bits per heavy atom. The van der Waals surface area contributed by atoms with Crippen LogP contribution in [0.5, 0.6) is 0 Å². The van der Waals surface area contributed by atoms with E-state index in [1.165, 1.54) is 0 Å². The molecule has 0 bridgehead atoms. The number of nitrogens with one attached hydrogen (secondary N) is 2. The van der Waals surface area contributed by atoms with Crippen molar-refractivity contribution in [3.63, 3.8) is 0 Å². The Hall–Kier alpha value is -2.38. The molecule has 4 rings (SSSR count). The van der Waals surface area contributed by atoms with Crippen LogP contribution in [0.15, 0.2) is 24.4 Å². The molecule has 1 saturated heterocycles. The number of nitrogens with zero attached hydrogens (tertiary/aromatic N) is 1. The molecule has 0 radical (unpaired) electrons. The minimum absolute atomic E-state index is 0.121. The maximum absolute atomic E-state index is 13.7. The Labute approximate surface area is 203 Å². The van der Waals surface area contributed by atoms with Crippen molar-refractivity contribution in [1.82, 2.24) is 10.3 Å². The summed E-state index contributed by atoms with van der Waals surface area (Å²) in [6.45, 7) is 3.67. The van der Waals surface area contributed by atoms with Crippen molar-refractivity contribution in [3.05, 3.63) is 29.4 Å². The lowest BCUT2D eigenvalue weighted by Gasteiger charge is -2.28. The molecule has 3 N–H and O–H groups in total. The van der Waals surface area contributed by atoms with Gasteiger partial charge in [0.15, 0.2) is 0 Å². The van der Waals surface area contributed by atoms with Crippen LogP contribution in [0.4, 0.5) is 15.3 Å². The van der Waals surface area contributed by atoms with E-state index in [0.717, 1.165) is 59.3 Å². The summed E-state index contributed by atoms with van der Waals surface area (Å²) in [5, 5.41) is 16.3. The second kappa shape index (κ2) is 10.5. The van der Waals surface area contributed by atoms with Crippen LogP contribution in [0, 0.1) is 0 Å². The number of anilines is 1. The van der Waals surface area contributed by atoms with Crippen LogP contribution in [-0.2, 0) is 9.30 Å². The van der Waals surface area contributed by atoms with Gasteiger partial charge in [0.25, 0.3) is 0 Å². The molecule has 10 heteroatoms. The second-order valence-electron chi connectivity index (χ2n) is 9.42. The highest BCUT2D eigenvalue weighted by atomic mass is 32.1. The first kappa shape index (κ1) is 24.7. The van der Waals surface area contributed by atoms with E-state index >= 15 is 0 Å². The van der Waals surface area contributed by atoms with Gasteiger partial charge in [-0.15, -0.1) is 11.3 Å². The first-order valence-corrected chi connectivity index (χ1v) is 14.8. The predicted octanol–water partition coefficient (Wildman–Crippen LogP) is 5.84.